The van der Waals surface area contributed by atoms with Gasteiger partial charge < -0.3 is 23.6 Å². The number of benzene rings is 1. The van der Waals surface area contributed by atoms with Crippen LogP contribution in [0.1, 0.15) is 32.1 Å². The Morgan fingerprint density at radius 1 is 1.23 bits per heavy atom. The summed E-state index contributed by atoms with van der Waals surface area (Å²) in [6.45, 7) is 6.95. The van der Waals surface area contributed by atoms with E-state index in [1.165, 1.54) is 0 Å². The first-order valence-corrected chi connectivity index (χ1v) is 8.84. The lowest BCUT2D eigenvalue weighted by Gasteiger charge is -2.29. The van der Waals surface area contributed by atoms with Gasteiger partial charge in [-0.2, -0.15) is 0 Å². The molecule has 1 amide bonds. The number of rotatable bonds is 4. The minimum absolute atomic E-state index is 0.00841. The molecule has 138 valence electrons. The molecule has 0 bridgehead atoms. The zero-order valence-electron chi connectivity index (χ0n) is 15.2. The Labute approximate surface area is 151 Å². The van der Waals surface area contributed by atoms with E-state index in [-0.39, 0.29) is 18.8 Å². The number of fused-ring (bicyclic) bond motifs is 2. The average Bonchev–Trinajstić information content (AvgIpc) is 3.25. The Bertz CT molecular complexity index is 829. The van der Waals surface area contributed by atoms with Crippen molar-refractivity contribution in [2.75, 3.05) is 13.3 Å². The molecule has 2 aliphatic heterocycles. The molecule has 0 spiro atoms. The predicted molar refractivity (Wildman–Crippen MR) is 92.9 cm³/mol. The number of carbonyl (C=O) groups is 1. The first kappa shape index (κ1) is 16.9. The van der Waals surface area contributed by atoms with Gasteiger partial charge in [0.05, 0.1) is 12.6 Å². The molecule has 2 aromatic rings. The fourth-order valence-electron chi connectivity index (χ4n) is 3.39. The molecule has 1 atom stereocenters. The highest BCUT2D eigenvalue weighted by molar-refractivity contribution is 5.81. The maximum atomic E-state index is 12.7. The zero-order chi connectivity index (χ0) is 18.3. The van der Waals surface area contributed by atoms with Crippen molar-refractivity contribution in [3.8, 4) is 22.8 Å². The van der Waals surface area contributed by atoms with Crippen LogP contribution >= 0.6 is 0 Å². The fourth-order valence-corrected chi connectivity index (χ4v) is 3.39. The molecule has 7 heteroatoms. The van der Waals surface area contributed by atoms with Gasteiger partial charge in [-0.05, 0) is 39.0 Å². The molecule has 7 nitrogen and oxygen atoms in total. The minimum Gasteiger partial charge on any atom is -0.454 e. The Morgan fingerprint density at radius 2 is 2.04 bits per heavy atom. The fraction of sp³-hybridized carbons (Fsp3) is 0.474. The van der Waals surface area contributed by atoms with E-state index in [9.17, 15) is 4.79 Å². The maximum absolute atomic E-state index is 12.7. The monoisotopic (exact) mass is 358 g/mol. The molecule has 0 fully saturated rings. The molecule has 0 aliphatic carbocycles. The van der Waals surface area contributed by atoms with Gasteiger partial charge in [0, 0.05) is 24.1 Å². The number of ether oxygens (including phenoxy) is 3. The normalized spacial score (nSPS) is 16.7. The van der Waals surface area contributed by atoms with Crippen LogP contribution in [0.25, 0.3) is 11.3 Å². The van der Waals surface area contributed by atoms with Crippen LogP contribution in [0, 0.1) is 0 Å². The van der Waals surface area contributed by atoms with E-state index in [2.05, 4.69) is 5.16 Å². The summed E-state index contributed by atoms with van der Waals surface area (Å²) >= 11 is 0. The molecule has 0 radical (unpaired) electrons. The number of hydrogen-bond acceptors (Lipinski definition) is 6. The van der Waals surface area contributed by atoms with Crippen molar-refractivity contribution in [2.24, 2.45) is 0 Å². The van der Waals surface area contributed by atoms with Crippen molar-refractivity contribution in [1.82, 2.24) is 10.1 Å². The highest BCUT2D eigenvalue weighted by Crippen LogP contribution is 2.38. The van der Waals surface area contributed by atoms with Gasteiger partial charge in [0.1, 0.15) is 17.6 Å². The molecule has 3 heterocycles. The lowest BCUT2D eigenvalue weighted by molar-refractivity contribution is -0.146. The quantitative estimate of drug-likeness (QED) is 0.837. The van der Waals surface area contributed by atoms with Crippen LogP contribution in [-0.2, 0) is 22.5 Å². The summed E-state index contributed by atoms with van der Waals surface area (Å²) in [5.41, 5.74) is 2.58. The SMILES string of the molecule is CC(C)OC(C)C(=O)N1CCc2onc(-c3ccc4c(c3)OCO4)c2C1. The maximum Gasteiger partial charge on any atom is 0.251 e. The predicted octanol–water partition coefficient (Wildman–Crippen LogP) is 2.77. The lowest BCUT2D eigenvalue weighted by atomic mass is 10.0. The van der Waals surface area contributed by atoms with E-state index in [1.54, 1.807) is 6.92 Å². The molecule has 26 heavy (non-hydrogen) atoms. The van der Waals surface area contributed by atoms with Gasteiger partial charge >= 0.3 is 0 Å². The Hall–Kier alpha value is -2.54. The van der Waals surface area contributed by atoms with Gasteiger partial charge in [0.2, 0.25) is 6.79 Å². The second kappa shape index (κ2) is 6.64. The van der Waals surface area contributed by atoms with Crippen molar-refractivity contribution >= 4 is 5.91 Å². The van der Waals surface area contributed by atoms with Crippen LogP contribution in [0.5, 0.6) is 11.5 Å². The first-order valence-electron chi connectivity index (χ1n) is 8.84. The van der Waals surface area contributed by atoms with Crippen LogP contribution in [0.15, 0.2) is 22.7 Å². The van der Waals surface area contributed by atoms with Crippen LogP contribution < -0.4 is 9.47 Å². The lowest BCUT2D eigenvalue weighted by Crippen LogP contribution is -2.42. The van der Waals surface area contributed by atoms with Gasteiger partial charge in [-0.3, -0.25) is 4.79 Å². The average molecular weight is 358 g/mol. The largest absolute Gasteiger partial charge is 0.454 e. The highest BCUT2D eigenvalue weighted by atomic mass is 16.7. The minimum atomic E-state index is -0.467. The van der Waals surface area contributed by atoms with Crippen molar-refractivity contribution < 1.29 is 23.5 Å². The number of amides is 1. The number of aromatic nitrogens is 1. The van der Waals surface area contributed by atoms with Gasteiger partial charge in [-0.15, -0.1) is 0 Å². The Kier molecular flexibility index (Phi) is 4.32. The summed E-state index contributed by atoms with van der Waals surface area (Å²) in [5, 5.41) is 4.24. The summed E-state index contributed by atoms with van der Waals surface area (Å²) in [6.07, 6.45) is 0.187. The summed E-state index contributed by atoms with van der Waals surface area (Å²) in [7, 11) is 0. The van der Waals surface area contributed by atoms with E-state index in [0.29, 0.717) is 25.3 Å². The summed E-state index contributed by atoms with van der Waals surface area (Å²) in [4.78, 5) is 14.5. The van der Waals surface area contributed by atoms with E-state index < -0.39 is 6.10 Å². The standard InChI is InChI=1S/C19H22N2O5/c1-11(2)25-12(3)19(22)21-7-6-15-14(9-21)18(20-26-15)13-4-5-16-17(8-13)24-10-23-16/h4-5,8,11-12H,6-7,9-10H2,1-3H3. The third-order valence-electron chi connectivity index (χ3n) is 4.61. The van der Waals surface area contributed by atoms with Crippen LogP contribution in [0.4, 0.5) is 0 Å². The van der Waals surface area contributed by atoms with Crippen LogP contribution in [0.3, 0.4) is 0 Å². The second-order valence-corrected chi connectivity index (χ2v) is 6.84. The highest BCUT2D eigenvalue weighted by Gasteiger charge is 2.30. The molecule has 2 aliphatic rings. The Morgan fingerprint density at radius 3 is 2.85 bits per heavy atom. The van der Waals surface area contributed by atoms with Crippen molar-refractivity contribution in [3.05, 3.63) is 29.5 Å². The third kappa shape index (κ3) is 3.03. The molecule has 1 unspecified atom stereocenters. The van der Waals surface area contributed by atoms with Crippen molar-refractivity contribution in [3.63, 3.8) is 0 Å². The van der Waals surface area contributed by atoms with Crippen LogP contribution in [-0.4, -0.2) is 41.5 Å². The van der Waals surface area contributed by atoms with Gasteiger partial charge in [-0.1, -0.05) is 5.16 Å². The zero-order valence-corrected chi connectivity index (χ0v) is 15.2. The number of nitrogens with zero attached hydrogens (tertiary/aromatic N) is 2. The Balaban J connectivity index is 1.58. The third-order valence-corrected chi connectivity index (χ3v) is 4.61. The summed E-state index contributed by atoms with van der Waals surface area (Å²) in [5.74, 6) is 2.24. The summed E-state index contributed by atoms with van der Waals surface area (Å²) in [6, 6.07) is 5.69. The number of carbonyl (C=O) groups excluding carboxylic acids is 1. The molecule has 0 N–H and O–H groups in total. The molecule has 0 saturated carbocycles. The molecule has 4 rings (SSSR count). The molecular formula is C19H22N2O5. The van der Waals surface area contributed by atoms with Crippen molar-refractivity contribution in [1.29, 1.82) is 0 Å². The van der Waals surface area contributed by atoms with E-state index in [1.807, 2.05) is 36.9 Å². The number of hydrogen-bond donors (Lipinski definition) is 0. The van der Waals surface area contributed by atoms with Gasteiger partial charge in [0.15, 0.2) is 11.5 Å². The van der Waals surface area contributed by atoms with E-state index >= 15 is 0 Å². The molecular weight excluding hydrogens is 336 g/mol. The van der Waals surface area contributed by atoms with Crippen molar-refractivity contribution in [2.45, 2.75) is 45.9 Å². The molecule has 1 aromatic carbocycles. The van der Waals surface area contributed by atoms with E-state index in [4.69, 9.17) is 18.7 Å². The van der Waals surface area contributed by atoms with Gasteiger partial charge in [0.25, 0.3) is 5.91 Å². The summed E-state index contributed by atoms with van der Waals surface area (Å²) < 4.78 is 22.0. The van der Waals surface area contributed by atoms with E-state index in [0.717, 1.165) is 28.3 Å². The van der Waals surface area contributed by atoms with Gasteiger partial charge in [-0.25, -0.2) is 0 Å². The first-order chi connectivity index (χ1) is 12.5. The topological polar surface area (TPSA) is 74.0 Å². The van der Waals surface area contributed by atoms with Crippen LogP contribution in [0.2, 0.25) is 0 Å². The molecule has 0 saturated heterocycles. The second-order valence-electron chi connectivity index (χ2n) is 6.84. The molecule has 1 aromatic heterocycles. The smallest absolute Gasteiger partial charge is 0.251 e.